The Morgan fingerprint density at radius 2 is 1.45 bits per heavy atom. The van der Waals surface area contributed by atoms with Crippen LogP contribution in [0.15, 0.2) is 18.2 Å². The van der Waals surface area contributed by atoms with Crippen LogP contribution in [0.1, 0.15) is 12.5 Å². The molecule has 2 heterocycles. The van der Waals surface area contributed by atoms with Crippen molar-refractivity contribution in [2.45, 2.75) is 74.8 Å². The number of aromatic hydroxyl groups is 1. The van der Waals surface area contributed by atoms with Gasteiger partial charge in [0.2, 0.25) is 0 Å². The molecule has 33 heavy (non-hydrogen) atoms. The van der Waals surface area contributed by atoms with Crippen LogP contribution in [-0.4, -0.2) is 117 Å². The fourth-order valence-corrected chi connectivity index (χ4v) is 3.72. The minimum absolute atomic E-state index is 0.0289. The van der Waals surface area contributed by atoms with E-state index in [9.17, 15) is 35.7 Å². The Balaban J connectivity index is 1.54. The number of phenolic OH excluding ortho intramolecular Hbond substituents is 1. The lowest BCUT2D eigenvalue weighted by molar-refractivity contribution is -0.327. The second-order valence-electron chi connectivity index (χ2n) is 8.16. The van der Waals surface area contributed by atoms with Gasteiger partial charge in [-0.3, -0.25) is 0 Å². The third-order valence-corrected chi connectivity index (χ3v) is 5.82. The fraction of sp³-hybridized carbons (Fsp3) is 0.714. The second-order valence-corrected chi connectivity index (χ2v) is 8.16. The lowest BCUT2D eigenvalue weighted by Crippen LogP contribution is -2.61. The molecular formula is C21H32O12. The molecule has 0 unspecified atom stereocenters. The highest BCUT2D eigenvalue weighted by atomic mass is 16.7. The molecule has 3 rings (SSSR count). The van der Waals surface area contributed by atoms with E-state index < -0.39 is 61.4 Å². The predicted octanol–water partition coefficient (Wildman–Crippen LogP) is -2.39. The van der Waals surface area contributed by atoms with Crippen LogP contribution in [0.4, 0.5) is 0 Å². The molecule has 12 heteroatoms. The summed E-state index contributed by atoms with van der Waals surface area (Å²) in [5.41, 5.74) is 0.734. The maximum absolute atomic E-state index is 10.2. The lowest BCUT2D eigenvalue weighted by atomic mass is 9.98. The molecule has 12 nitrogen and oxygen atoms in total. The van der Waals surface area contributed by atoms with E-state index >= 15 is 0 Å². The molecule has 2 saturated heterocycles. The number of aliphatic hydroxyl groups excluding tert-OH is 6. The topological polar surface area (TPSA) is 188 Å². The largest absolute Gasteiger partial charge is 0.504 e. The van der Waals surface area contributed by atoms with Crippen molar-refractivity contribution >= 4 is 0 Å². The first-order valence-electron chi connectivity index (χ1n) is 10.6. The van der Waals surface area contributed by atoms with E-state index in [4.69, 9.17) is 23.7 Å². The number of aliphatic hydroxyl groups is 6. The molecule has 0 saturated carbocycles. The number of rotatable bonds is 8. The Kier molecular flexibility index (Phi) is 8.86. The molecule has 10 atom stereocenters. The van der Waals surface area contributed by atoms with Crippen molar-refractivity contribution in [3.8, 4) is 11.5 Å². The zero-order chi connectivity index (χ0) is 24.3. The van der Waals surface area contributed by atoms with Crippen molar-refractivity contribution in [1.82, 2.24) is 0 Å². The minimum atomic E-state index is -1.59. The van der Waals surface area contributed by atoms with Gasteiger partial charge in [-0.25, -0.2) is 0 Å². The Hall–Kier alpha value is -1.58. The molecule has 0 spiro atoms. The maximum Gasteiger partial charge on any atom is 0.186 e. The van der Waals surface area contributed by atoms with Gasteiger partial charge in [-0.05, 0) is 31.0 Å². The summed E-state index contributed by atoms with van der Waals surface area (Å²) in [5, 5.41) is 70.2. The fourth-order valence-electron chi connectivity index (χ4n) is 3.72. The Morgan fingerprint density at radius 3 is 2.09 bits per heavy atom. The average Bonchev–Trinajstić information content (AvgIpc) is 2.80. The first kappa shape index (κ1) is 26.0. The van der Waals surface area contributed by atoms with E-state index in [-0.39, 0.29) is 19.0 Å². The van der Waals surface area contributed by atoms with E-state index in [1.54, 1.807) is 12.1 Å². The van der Waals surface area contributed by atoms with Crippen molar-refractivity contribution < 1.29 is 59.4 Å². The normalized spacial score (nSPS) is 39.4. The van der Waals surface area contributed by atoms with Crippen LogP contribution < -0.4 is 4.74 Å². The van der Waals surface area contributed by atoms with E-state index in [1.165, 1.54) is 20.1 Å². The van der Waals surface area contributed by atoms with Gasteiger partial charge >= 0.3 is 0 Å². The van der Waals surface area contributed by atoms with Gasteiger partial charge < -0.3 is 59.4 Å². The Bertz CT molecular complexity index is 763. The number of ether oxygens (including phenoxy) is 5. The molecular weight excluding hydrogens is 444 g/mol. The zero-order valence-corrected chi connectivity index (χ0v) is 18.3. The molecule has 0 radical (unpaired) electrons. The van der Waals surface area contributed by atoms with E-state index in [0.29, 0.717) is 12.2 Å². The van der Waals surface area contributed by atoms with Crippen LogP contribution >= 0.6 is 0 Å². The van der Waals surface area contributed by atoms with E-state index in [2.05, 4.69) is 0 Å². The first-order chi connectivity index (χ1) is 15.6. The van der Waals surface area contributed by atoms with Crippen LogP contribution in [0.2, 0.25) is 0 Å². The summed E-state index contributed by atoms with van der Waals surface area (Å²) in [6.07, 6.45) is -13.2. The van der Waals surface area contributed by atoms with Gasteiger partial charge in [0.15, 0.2) is 24.1 Å². The SMILES string of the molecule is COc1ccc(CCO[C@@H]2O[C@H](CO[C@@H]3O[C@@H](C)[C@H](O)[C@@H](O)[C@H]3O)[C@@H](O)[C@H](O)[C@H]2O)cc1O. The highest BCUT2D eigenvalue weighted by Crippen LogP contribution is 2.28. The molecule has 0 bridgehead atoms. The molecule has 7 N–H and O–H groups in total. The molecule has 0 aromatic heterocycles. The standard InChI is InChI=1S/C21H32O12/c1-9-14(23)16(25)18(27)21(32-9)31-8-13-15(24)17(26)19(28)20(33-13)30-6-5-10-3-4-12(29-2)11(22)7-10/h3-4,7,9,13-28H,5-6,8H2,1-2H3/t9-,13+,14-,15+,16+,17-,18+,19+,20+,21+/m0/s1. The highest BCUT2D eigenvalue weighted by molar-refractivity contribution is 5.41. The first-order valence-corrected chi connectivity index (χ1v) is 10.6. The summed E-state index contributed by atoms with van der Waals surface area (Å²) < 4.78 is 26.8. The average molecular weight is 476 g/mol. The van der Waals surface area contributed by atoms with Gasteiger partial charge in [0.05, 0.1) is 26.4 Å². The van der Waals surface area contributed by atoms with Crippen molar-refractivity contribution in [1.29, 1.82) is 0 Å². The third kappa shape index (κ3) is 5.92. The maximum atomic E-state index is 10.2. The molecule has 2 fully saturated rings. The van der Waals surface area contributed by atoms with Crippen LogP contribution in [0.25, 0.3) is 0 Å². The molecule has 2 aliphatic heterocycles. The molecule has 1 aromatic carbocycles. The summed E-state index contributed by atoms with van der Waals surface area (Å²) in [4.78, 5) is 0. The number of methoxy groups -OCH3 is 1. The Morgan fingerprint density at radius 1 is 0.818 bits per heavy atom. The third-order valence-electron chi connectivity index (χ3n) is 5.82. The zero-order valence-electron chi connectivity index (χ0n) is 18.3. The van der Waals surface area contributed by atoms with Crippen molar-refractivity contribution in [3.63, 3.8) is 0 Å². The summed E-state index contributed by atoms with van der Waals surface area (Å²) in [6, 6.07) is 4.84. The lowest BCUT2D eigenvalue weighted by Gasteiger charge is -2.42. The van der Waals surface area contributed by atoms with Crippen molar-refractivity contribution in [2.75, 3.05) is 20.3 Å². The summed E-state index contributed by atoms with van der Waals surface area (Å²) in [6.45, 7) is 1.19. The van der Waals surface area contributed by atoms with Crippen molar-refractivity contribution in [3.05, 3.63) is 23.8 Å². The monoisotopic (exact) mass is 476 g/mol. The molecule has 0 aliphatic carbocycles. The highest BCUT2D eigenvalue weighted by Gasteiger charge is 2.46. The predicted molar refractivity (Wildman–Crippen MR) is 109 cm³/mol. The number of hydrogen-bond donors (Lipinski definition) is 7. The van der Waals surface area contributed by atoms with Crippen LogP contribution in [0.5, 0.6) is 11.5 Å². The number of hydrogen-bond acceptors (Lipinski definition) is 12. The van der Waals surface area contributed by atoms with Gasteiger partial charge in [-0.15, -0.1) is 0 Å². The van der Waals surface area contributed by atoms with E-state index in [0.717, 1.165) is 5.56 Å². The van der Waals surface area contributed by atoms with Gasteiger partial charge in [0.25, 0.3) is 0 Å². The summed E-state index contributed by atoms with van der Waals surface area (Å²) >= 11 is 0. The van der Waals surface area contributed by atoms with Crippen LogP contribution in [0, 0.1) is 0 Å². The minimum Gasteiger partial charge on any atom is -0.504 e. The molecule has 188 valence electrons. The summed E-state index contributed by atoms with van der Waals surface area (Å²) in [5.74, 6) is 0.299. The molecule has 2 aliphatic rings. The van der Waals surface area contributed by atoms with Gasteiger partial charge in [0.1, 0.15) is 42.7 Å². The quantitative estimate of drug-likeness (QED) is 0.211. The molecule has 0 amide bonds. The van der Waals surface area contributed by atoms with Gasteiger partial charge in [-0.1, -0.05) is 6.07 Å². The van der Waals surface area contributed by atoms with E-state index in [1.807, 2.05) is 0 Å². The number of benzene rings is 1. The van der Waals surface area contributed by atoms with Crippen molar-refractivity contribution in [2.24, 2.45) is 0 Å². The summed E-state index contributed by atoms with van der Waals surface area (Å²) in [7, 11) is 1.44. The van der Waals surface area contributed by atoms with Crippen LogP contribution in [0.3, 0.4) is 0 Å². The van der Waals surface area contributed by atoms with Gasteiger partial charge in [0, 0.05) is 0 Å². The van der Waals surface area contributed by atoms with Crippen LogP contribution in [-0.2, 0) is 25.4 Å². The van der Waals surface area contributed by atoms with Gasteiger partial charge in [-0.2, -0.15) is 0 Å². The number of phenols is 1. The Labute approximate surface area is 190 Å². The smallest absolute Gasteiger partial charge is 0.186 e. The second kappa shape index (κ2) is 11.2. The molecule has 1 aromatic rings.